The molecule has 1 nitrogen and oxygen atoms in total. The van der Waals surface area contributed by atoms with E-state index in [1.54, 1.807) is 10.6 Å². The average molecular weight is 559 g/mol. The van der Waals surface area contributed by atoms with Crippen molar-refractivity contribution < 1.29 is 4.74 Å². The molecule has 0 amide bonds. The molecular weight excluding hydrogens is 522 g/mol. The molecule has 1 heterocycles. The predicted molar refractivity (Wildman–Crippen MR) is 156 cm³/mol. The van der Waals surface area contributed by atoms with Crippen LogP contribution in [0.2, 0.25) is 0 Å². The van der Waals surface area contributed by atoms with Crippen LogP contribution in [0.3, 0.4) is 0 Å². The first-order valence-corrected chi connectivity index (χ1v) is 27.8. The molecule has 0 aromatic carbocycles. The molecule has 0 aromatic heterocycles. The fourth-order valence-electron chi connectivity index (χ4n) is 3.03. The molecule has 0 bridgehead atoms. The van der Waals surface area contributed by atoms with E-state index in [0.29, 0.717) is 0 Å². The molecule has 0 spiro atoms. The van der Waals surface area contributed by atoms with Gasteiger partial charge in [-0.3, -0.25) is 0 Å². The fraction of sp³-hybridized carbons (Fsp3) is 0.875. The van der Waals surface area contributed by atoms with E-state index in [1.807, 2.05) is 0 Å². The minimum Gasteiger partial charge on any atom is -0.372 e. The first-order valence-electron chi connectivity index (χ1n) is 8.82. The minimum atomic E-state index is -1.28. The van der Waals surface area contributed by atoms with Gasteiger partial charge in [0.15, 0.2) is 0 Å². The highest BCUT2D eigenvalue weighted by Gasteiger charge is 2.32. The van der Waals surface area contributed by atoms with E-state index >= 15 is 0 Å². The van der Waals surface area contributed by atoms with E-state index in [9.17, 15) is 0 Å². The summed E-state index contributed by atoms with van der Waals surface area (Å²) in [6.07, 6.45) is 0. The van der Waals surface area contributed by atoms with Gasteiger partial charge in [-0.1, -0.05) is 63.1 Å². The quantitative estimate of drug-likeness (QED) is 0.267. The van der Waals surface area contributed by atoms with E-state index in [4.69, 9.17) is 52.0 Å². The van der Waals surface area contributed by atoms with Crippen LogP contribution in [0, 0.1) is 0 Å². The third kappa shape index (κ3) is 12.7. The first kappa shape index (κ1) is 28.2. The topological polar surface area (TPSA) is 9.23 Å². The zero-order chi connectivity index (χ0) is 21.3. The highest BCUT2D eigenvalue weighted by molar-refractivity contribution is 8.20. The lowest BCUT2D eigenvalue weighted by atomic mass is 10.6. The van der Waals surface area contributed by atoms with Crippen molar-refractivity contribution in [3.05, 3.63) is 10.6 Å². The largest absolute Gasteiger partial charge is 0.372 e. The number of hydrogen-bond acceptors (Lipinski definition) is 5. The Morgan fingerprint density at radius 2 is 0.815 bits per heavy atom. The van der Waals surface area contributed by atoms with Crippen molar-refractivity contribution in [2.45, 2.75) is 0 Å². The molecule has 11 heteroatoms. The average Bonchev–Trinajstić information content (AvgIpc) is 2.78. The molecule has 1 aliphatic rings. The summed E-state index contributed by atoms with van der Waals surface area (Å²) >= 11 is 23.6. The molecule has 0 N–H and O–H groups in total. The Labute approximate surface area is 191 Å². The molecular formula is C16H36OP6S4. The lowest BCUT2D eigenvalue weighted by molar-refractivity contribution is 0.210. The molecule has 0 saturated carbocycles. The number of hydrogen-bond donors (Lipinski definition) is 0. The van der Waals surface area contributed by atoms with E-state index in [0.717, 1.165) is 13.2 Å². The summed E-state index contributed by atoms with van der Waals surface area (Å²) in [5.41, 5.74) is 0. The highest BCUT2D eigenvalue weighted by Crippen LogP contribution is 2.70. The Kier molecular flexibility index (Phi) is 11.3. The van der Waals surface area contributed by atoms with Crippen LogP contribution >= 0.6 is 40.0 Å². The Balaban J connectivity index is 3.39. The number of ether oxygens (including phenoxy) is 1. The van der Waals surface area contributed by atoms with Gasteiger partial charge in [-0.05, 0) is 88.1 Å². The van der Waals surface area contributed by atoms with Gasteiger partial charge in [0, 0.05) is 23.6 Å². The second kappa shape index (κ2) is 10.9. The van der Waals surface area contributed by atoms with Crippen molar-refractivity contribution in [1.82, 2.24) is 0 Å². The third-order valence-electron chi connectivity index (χ3n) is 3.62. The Morgan fingerprint density at radius 1 is 0.593 bits per heavy atom. The Morgan fingerprint density at radius 3 is 1.00 bits per heavy atom. The van der Waals surface area contributed by atoms with Crippen LogP contribution in [0.1, 0.15) is 0 Å². The first-order chi connectivity index (χ1) is 11.9. The Hall–Kier alpha value is 3.16. The third-order valence-corrected chi connectivity index (χ3v) is 26.6. The molecule has 0 saturated heterocycles. The minimum absolute atomic E-state index is 0.275. The monoisotopic (exact) mass is 558 g/mol. The zero-order valence-corrected chi connectivity index (χ0v) is 26.6. The number of rotatable bonds is 10. The maximum Gasteiger partial charge on any atom is 0.0729 e. The van der Waals surface area contributed by atoms with Crippen LogP contribution in [-0.2, 0) is 52.0 Å². The lowest BCUT2D eigenvalue weighted by Gasteiger charge is -2.31. The van der Waals surface area contributed by atoms with Crippen LogP contribution in [0.5, 0.6) is 0 Å². The van der Waals surface area contributed by atoms with Crippen molar-refractivity contribution in [3.8, 4) is 0 Å². The van der Waals surface area contributed by atoms with Gasteiger partial charge in [-0.25, -0.2) is 0 Å². The molecule has 1 aliphatic heterocycles. The standard InChI is InChI=1S/C16H36OP6S4/c1-20(2,24)11-18(12-21(3,4)25)15-9-17-10-16(15)19(13-22(5,6)26)14-23(7,8)27/h9-14H2,1-8H3. The molecule has 27 heavy (non-hydrogen) atoms. The van der Waals surface area contributed by atoms with Gasteiger partial charge < -0.3 is 4.74 Å². The molecule has 0 radical (unpaired) electrons. The van der Waals surface area contributed by atoms with Gasteiger partial charge in [-0.2, -0.15) is 0 Å². The molecule has 0 unspecified atom stereocenters. The maximum atomic E-state index is 6.06. The summed E-state index contributed by atoms with van der Waals surface area (Å²) in [5, 5.41) is 3.22. The summed E-state index contributed by atoms with van der Waals surface area (Å²) < 4.78 is 6.06. The van der Waals surface area contributed by atoms with E-state index in [-0.39, 0.29) is 15.8 Å². The van der Waals surface area contributed by atoms with Gasteiger partial charge in [0.2, 0.25) is 0 Å². The second-order valence-electron chi connectivity index (χ2n) is 9.33. The summed E-state index contributed by atoms with van der Waals surface area (Å²) in [5.74, 6) is 4.73. The zero-order valence-electron chi connectivity index (χ0n) is 18.0. The molecule has 160 valence electrons. The molecule has 0 aliphatic carbocycles. The van der Waals surface area contributed by atoms with Crippen LogP contribution in [0.15, 0.2) is 10.6 Å². The van der Waals surface area contributed by atoms with E-state index in [1.165, 1.54) is 23.6 Å². The van der Waals surface area contributed by atoms with Gasteiger partial charge in [0.05, 0.1) is 13.2 Å². The van der Waals surface area contributed by atoms with Crippen LogP contribution in [-0.4, -0.2) is 90.1 Å². The van der Waals surface area contributed by atoms with E-state index < -0.39 is 24.2 Å². The predicted octanol–water partition coefficient (Wildman–Crippen LogP) is 6.98. The molecule has 0 aromatic rings. The molecule has 1 rings (SSSR count). The summed E-state index contributed by atoms with van der Waals surface area (Å²) in [6.45, 7) is 19.9. The summed E-state index contributed by atoms with van der Waals surface area (Å²) in [4.78, 5) is 0. The van der Waals surface area contributed by atoms with Gasteiger partial charge in [0.25, 0.3) is 0 Å². The van der Waals surface area contributed by atoms with Crippen molar-refractivity contribution in [2.24, 2.45) is 0 Å². The van der Waals surface area contributed by atoms with Crippen molar-refractivity contribution in [3.63, 3.8) is 0 Å². The fourth-order valence-corrected chi connectivity index (χ4v) is 28.5. The van der Waals surface area contributed by atoms with Crippen molar-refractivity contribution in [2.75, 3.05) is 90.1 Å². The van der Waals surface area contributed by atoms with Gasteiger partial charge in [0.1, 0.15) is 0 Å². The summed E-state index contributed by atoms with van der Waals surface area (Å²) in [6, 6.07) is -5.10. The van der Waals surface area contributed by atoms with Crippen LogP contribution < -0.4 is 0 Å². The van der Waals surface area contributed by atoms with Crippen LogP contribution in [0.4, 0.5) is 0 Å². The maximum absolute atomic E-state index is 6.06. The second-order valence-corrected chi connectivity index (χ2v) is 41.5. The lowest BCUT2D eigenvalue weighted by Crippen LogP contribution is -2.00. The highest BCUT2D eigenvalue weighted by atomic mass is 32.5. The van der Waals surface area contributed by atoms with Crippen molar-refractivity contribution >= 4 is 87.2 Å². The van der Waals surface area contributed by atoms with E-state index in [2.05, 4.69) is 53.3 Å². The SMILES string of the molecule is CP(C)(=S)CP(CP(C)(C)=S)C1=C(P(CP(C)(C)=S)CP(C)(C)=S)COC1. The Bertz CT molecular complexity index is 643. The van der Waals surface area contributed by atoms with Gasteiger partial charge >= 0.3 is 0 Å². The smallest absolute Gasteiger partial charge is 0.0729 e. The van der Waals surface area contributed by atoms with Crippen molar-refractivity contribution in [1.29, 1.82) is 0 Å². The van der Waals surface area contributed by atoms with Crippen LogP contribution in [0.25, 0.3) is 0 Å². The summed E-state index contributed by atoms with van der Waals surface area (Å²) in [7, 11) is -0.550. The molecule has 0 fully saturated rings. The molecule has 0 atom stereocenters. The normalized spacial score (nSPS) is 17.4. The van der Waals surface area contributed by atoms with Gasteiger partial charge in [-0.15, -0.1) is 0 Å².